The number of aliphatic hydroxyl groups is 1. The first-order valence-electron chi connectivity index (χ1n) is 4.58. The highest BCUT2D eigenvalue weighted by atomic mass is 16.3. The van der Waals surface area contributed by atoms with Crippen molar-refractivity contribution in [2.75, 3.05) is 32.8 Å². The van der Waals surface area contributed by atoms with Crippen molar-refractivity contribution < 1.29 is 9.90 Å². The average Bonchev–Trinajstić information content (AvgIpc) is 2.14. The topological polar surface area (TPSA) is 78.6 Å². The van der Waals surface area contributed by atoms with E-state index in [0.717, 1.165) is 19.5 Å². The van der Waals surface area contributed by atoms with Crippen molar-refractivity contribution in [3.05, 3.63) is 0 Å². The van der Waals surface area contributed by atoms with Crippen LogP contribution in [0.25, 0.3) is 0 Å². The van der Waals surface area contributed by atoms with E-state index in [-0.39, 0.29) is 18.6 Å². The number of aliphatic hydroxyl groups excluding tert-OH is 1. The molecule has 1 unspecified atom stereocenters. The van der Waals surface area contributed by atoms with Crippen LogP contribution in [0.3, 0.4) is 0 Å². The summed E-state index contributed by atoms with van der Waals surface area (Å²) in [5, 5.41) is 11.4. The zero-order valence-electron chi connectivity index (χ0n) is 7.70. The Bertz CT molecular complexity index is 175. The highest BCUT2D eigenvalue weighted by Crippen LogP contribution is 1.97. The standard InChI is InChI=1S/C8H17N3O2/c9-7(6-12)1-3-11-4-2-10-8(13)5-11/h7,12H,1-6,9H2,(H,10,13). The number of nitrogens with one attached hydrogen (secondary N) is 1. The first-order chi connectivity index (χ1) is 6.22. The maximum atomic E-state index is 11.0. The fraction of sp³-hybridized carbons (Fsp3) is 0.875. The van der Waals surface area contributed by atoms with E-state index in [2.05, 4.69) is 5.32 Å². The van der Waals surface area contributed by atoms with E-state index in [1.807, 2.05) is 4.90 Å². The number of nitrogens with two attached hydrogens (primary N) is 1. The van der Waals surface area contributed by atoms with Gasteiger partial charge in [-0.15, -0.1) is 0 Å². The SMILES string of the molecule is NC(CO)CCN1CCNC(=O)C1. The Morgan fingerprint density at radius 1 is 1.69 bits per heavy atom. The van der Waals surface area contributed by atoms with E-state index in [9.17, 15) is 4.79 Å². The molecule has 1 atom stereocenters. The summed E-state index contributed by atoms with van der Waals surface area (Å²) in [6.07, 6.45) is 0.740. The van der Waals surface area contributed by atoms with Gasteiger partial charge in [-0.3, -0.25) is 9.69 Å². The Labute approximate surface area is 77.9 Å². The van der Waals surface area contributed by atoms with Gasteiger partial charge in [-0.25, -0.2) is 0 Å². The lowest BCUT2D eigenvalue weighted by Gasteiger charge is -2.27. The highest BCUT2D eigenvalue weighted by Gasteiger charge is 2.15. The molecule has 4 N–H and O–H groups in total. The highest BCUT2D eigenvalue weighted by molar-refractivity contribution is 5.78. The summed E-state index contributed by atoms with van der Waals surface area (Å²) in [5.74, 6) is 0.0730. The minimum absolute atomic E-state index is 0.0139. The molecule has 13 heavy (non-hydrogen) atoms. The normalized spacial score (nSPS) is 21.2. The zero-order valence-corrected chi connectivity index (χ0v) is 7.70. The van der Waals surface area contributed by atoms with Gasteiger partial charge >= 0.3 is 0 Å². The molecule has 1 aliphatic rings. The molecular formula is C8H17N3O2. The molecule has 0 aliphatic carbocycles. The van der Waals surface area contributed by atoms with Crippen molar-refractivity contribution in [2.45, 2.75) is 12.5 Å². The van der Waals surface area contributed by atoms with Crippen molar-refractivity contribution in [1.29, 1.82) is 0 Å². The van der Waals surface area contributed by atoms with Crippen molar-refractivity contribution >= 4 is 5.91 Å². The quantitative estimate of drug-likeness (QED) is 0.482. The van der Waals surface area contributed by atoms with Gasteiger partial charge in [-0.1, -0.05) is 0 Å². The van der Waals surface area contributed by atoms with E-state index in [1.54, 1.807) is 0 Å². The fourth-order valence-corrected chi connectivity index (χ4v) is 1.32. The van der Waals surface area contributed by atoms with Gasteiger partial charge in [0.2, 0.25) is 5.91 Å². The van der Waals surface area contributed by atoms with E-state index < -0.39 is 0 Å². The molecule has 5 heteroatoms. The maximum absolute atomic E-state index is 11.0. The van der Waals surface area contributed by atoms with E-state index in [4.69, 9.17) is 10.8 Å². The van der Waals surface area contributed by atoms with Crippen LogP contribution in [-0.4, -0.2) is 54.7 Å². The number of hydrogen-bond acceptors (Lipinski definition) is 4. The van der Waals surface area contributed by atoms with Crippen LogP contribution in [0.2, 0.25) is 0 Å². The molecule has 0 saturated carbocycles. The number of carbonyl (C=O) groups is 1. The summed E-state index contributed by atoms with van der Waals surface area (Å²) in [6, 6.07) is -0.162. The van der Waals surface area contributed by atoms with Crippen LogP contribution < -0.4 is 11.1 Å². The van der Waals surface area contributed by atoms with Gasteiger partial charge < -0.3 is 16.2 Å². The summed E-state index contributed by atoms with van der Waals surface area (Å²) in [6.45, 7) is 2.85. The average molecular weight is 187 g/mol. The number of rotatable bonds is 4. The molecule has 1 heterocycles. The van der Waals surface area contributed by atoms with E-state index >= 15 is 0 Å². The Hall–Kier alpha value is -0.650. The number of amides is 1. The van der Waals surface area contributed by atoms with Gasteiger partial charge in [0.25, 0.3) is 0 Å². The van der Waals surface area contributed by atoms with Gasteiger partial charge in [0, 0.05) is 25.7 Å². The molecule has 0 aromatic rings. The molecule has 0 bridgehead atoms. The van der Waals surface area contributed by atoms with Crippen LogP contribution in [0.15, 0.2) is 0 Å². The Kier molecular flexibility index (Phi) is 4.14. The fourth-order valence-electron chi connectivity index (χ4n) is 1.32. The molecule has 5 nitrogen and oxygen atoms in total. The Balaban J connectivity index is 2.17. The molecule has 76 valence electrons. The predicted octanol–water partition coefficient (Wildman–Crippen LogP) is -1.87. The molecule has 1 saturated heterocycles. The van der Waals surface area contributed by atoms with Gasteiger partial charge in [0.05, 0.1) is 13.2 Å². The monoisotopic (exact) mass is 187 g/mol. The van der Waals surface area contributed by atoms with Crippen molar-refractivity contribution in [3.63, 3.8) is 0 Å². The number of carbonyl (C=O) groups excluding carboxylic acids is 1. The second-order valence-corrected chi connectivity index (χ2v) is 3.36. The molecule has 1 fully saturated rings. The van der Waals surface area contributed by atoms with Crippen molar-refractivity contribution in [3.8, 4) is 0 Å². The second kappa shape index (κ2) is 5.16. The first kappa shape index (κ1) is 10.4. The third-order valence-corrected chi connectivity index (χ3v) is 2.17. The summed E-state index contributed by atoms with van der Waals surface area (Å²) < 4.78 is 0. The molecule has 1 rings (SSSR count). The Morgan fingerprint density at radius 3 is 3.08 bits per heavy atom. The smallest absolute Gasteiger partial charge is 0.234 e. The van der Waals surface area contributed by atoms with Gasteiger partial charge in [0.15, 0.2) is 0 Å². The number of piperazine rings is 1. The first-order valence-corrected chi connectivity index (χ1v) is 4.58. The van der Waals surface area contributed by atoms with Crippen LogP contribution in [0, 0.1) is 0 Å². The minimum atomic E-state index is -0.162. The van der Waals surface area contributed by atoms with Gasteiger partial charge in [-0.2, -0.15) is 0 Å². The molecule has 0 aromatic heterocycles. The molecule has 1 aliphatic heterocycles. The lowest BCUT2D eigenvalue weighted by atomic mass is 10.2. The van der Waals surface area contributed by atoms with Crippen molar-refractivity contribution in [1.82, 2.24) is 10.2 Å². The Morgan fingerprint density at radius 2 is 2.46 bits per heavy atom. The summed E-state index contributed by atoms with van der Waals surface area (Å²) >= 11 is 0. The van der Waals surface area contributed by atoms with E-state index in [0.29, 0.717) is 13.1 Å². The summed E-state index contributed by atoms with van der Waals surface area (Å²) in [5.41, 5.74) is 5.55. The maximum Gasteiger partial charge on any atom is 0.234 e. The number of nitrogens with zero attached hydrogens (tertiary/aromatic N) is 1. The third kappa shape index (κ3) is 3.71. The van der Waals surface area contributed by atoms with Crippen LogP contribution >= 0.6 is 0 Å². The lowest BCUT2D eigenvalue weighted by molar-refractivity contribution is -0.124. The van der Waals surface area contributed by atoms with Crippen LogP contribution in [0.4, 0.5) is 0 Å². The number of hydrogen-bond donors (Lipinski definition) is 3. The molecule has 0 spiro atoms. The largest absolute Gasteiger partial charge is 0.395 e. The summed E-state index contributed by atoms with van der Waals surface area (Å²) in [4.78, 5) is 13.0. The molecule has 0 radical (unpaired) electrons. The zero-order chi connectivity index (χ0) is 9.68. The predicted molar refractivity (Wildman–Crippen MR) is 49.1 cm³/mol. The third-order valence-electron chi connectivity index (χ3n) is 2.17. The minimum Gasteiger partial charge on any atom is -0.395 e. The van der Waals surface area contributed by atoms with E-state index in [1.165, 1.54) is 0 Å². The van der Waals surface area contributed by atoms with Crippen LogP contribution in [-0.2, 0) is 4.79 Å². The summed E-state index contributed by atoms with van der Waals surface area (Å²) in [7, 11) is 0. The van der Waals surface area contributed by atoms with Crippen LogP contribution in [0.1, 0.15) is 6.42 Å². The van der Waals surface area contributed by atoms with Gasteiger partial charge in [0.1, 0.15) is 0 Å². The molecule has 1 amide bonds. The molecular weight excluding hydrogens is 170 g/mol. The molecule has 0 aromatic carbocycles. The van der Waals surface area contributed by atoms with Crippen LogP contribution in [0.5, 0.6) is 0 Å². The second-order valence-electron chi connectivity index (χ2n) is 3.36. The lowest BCUT2D eigenvalue weighted by Crippen LogP contribution is -2.48. The van der Waals surface area contributed by atoms with Crippen molar-refractivity contribution in [2.24, 2.45) is 5.73 Å². The van der Waals surface area contributed by atoms with Gasteiger partial charge in [-0.05, 0) is 6.42 Å².